The Bertz CT molecular complexity index is 1080. The number of non-ortho nitro benzene ring substituents is 1. The number of benzene rings is 1. The first-order valence-electron chi connectivity index (χ1n) is 14.0. The summed E-state index contributed by atoms with van der Waals surface area (Å²) in [4.78, 5) is 21.3. The van der Waals surface area contributed by atoms with E-state index in [2.05, 4.69) is 57.3 Å². The largest absolute Gasteiger partial charge is 0.301 e. The Kier molecular flexibility index (Phi) is 8.05. The molecule has 37 heavy (non-hydrogen) atoms. The van der Waals surface area contributed by atoms with Gasteiger partial charge in [-0.1, -0.05) is 60.0 Å². The van der Waals surface area contributed by atoms with Crippen LogP contribution in [0.1, 0.15) is 79.6 Å². The van der Waals surface area contributed by atoms with Gasteiger partial charge in [0, 0.05) is 12.0 Å². The summed E-state index contributed by atoms with van der Waals surface area (Å²) in [7, 11) is 0. The van der Waals surface area contributed by atoms with Crippen molar-refractivity contribution in [2.75, 3.05) is 5.43 Å². The molecule has 8 nitrogen and oxygen atoms in total. The van der Waals surface area contributed by atoms with Gasteiger partial charge in [0.1, 0.15) is 5.69 Å². The Labute approximate surface area is 220 Å². The van der Waals surface area contributed by atoms with Crippen LogP contribution >= 0.6 is 0 Å². The Morgan fingerprint density at radius 1 is 1.11 bits per heavy atom. The van der Waals surface area contributed by atoms with Crippen molar-refractivity contribution in [3.8, 4) is 0 Å². The summed E-state index contributed by atoms with van der Waals surface area (Å²) in [5.41, 5.74) is 3.61. The zero-order valence-electron chi connectivity index (χ0n) is 22.9. The molecule has 0 spiro atoms. The third-order valence-electron chi connectivity index (χ3n) is 9.88. The molecular formula is C29H42N4O4. The number of anilines is 1. The van der Waals surface area contributed by atoms with Crippen molar-refractivity contribution < 1.29 is 9.85 Å². The fourth-order valence-corrected chi connectivity index (χ4v) is 7.83. The lowest BCUT2D eigenvalue weighted by atomic mass is 9.53. The summed E-state index contributed by atoms with van der Waals surface area (Å²) >= 11 is 0. The normalized spacial score (nSPS) is 32.7. The molecule has 7 unspecified atom stereocenters. The molecule has 0 bridgehead atoms. The van der Waals surface area contributed by atoms with Crippen LogP contribution in [0.15, 0.2) is 35.5 Å². The Morgan fingerprint density at radius 3 is 2.54 bits per heavy atom. The van der Waals surface area contributed by atoms with Crippen molar-refractivity contribution in [1.82, 2.24) is 0 Å². The minimum Gasteiger partial charge on any atom is -0.271 e. The van der Waals surface area contributed by atoms with Crippen LogP contribution in [-0.4, -0.2) is 15.6 Å². The van der Waals surface area contributed by atoms with Crippen molar-refractivity contribution in [1.29, 1.82) is 0 Å². The monoisotopic (exact) mass is 510 g/mol. The van der Waals surface area contributed by atoms with Gasteiger partial charge in [-0.2, -0.15) is 5.10 Å². The van der Waals surface area contributed by atoms with Gasteiger partial charge in [0.2, 0.25) is 0 Å². The summed E-state index contributed by atoms with van der Waals surface area (Å²) in [6.45, 7) is 11.9. The van der Waals surface area contributed by atoms with Crippen LogP contribution < -0.4 is 5.43 Å². The summed E-state index contributed by atoms with van der Waals surface area (Å²) in [5.74, 6) is 4.36. The molecule has 202 valence electrons. The highest BCUT2D eigenvalue weighted by Crippen LogP contribution is 2.63. The highest BCUT2D eigenvalue weighted by atomic mass is 16.6. The molecule has 7 atom stereocenters. The zero-order chi connectivity index (χ0) is 26.9. The van der Waals surface area contributed by atoms with Crippen LogP contribution in [-0.2, 0) is 0 Å². The van der Waals surface area contributed by atoms with Gasteiger partial charge in [-0.3, -0.25) is 25.7 Å². The zero-order valence-corrected chi connectivity index (χ0v) is 22.9. The number of nitro benzene ring substituents is 2. The van der Waals surface area contributed by atoms with E-state index >= 15 is 0 Å². The van der Waals surface area contributed by atoms with E-state index in [4.69, 9.17) is 0 Å². The molecule has 0 saturated heterocycles. The molecule has 2 fully saturated rings. The van der Waals surface area contributed by atoms with Gasteiger partial charge in [-0.25, -0.2) is 0 Å². The van der Waals surface area contributed by atoms with Crippen molar-refractivity contribution in [2.24, 2.45) is 51.9 Å². The van der Waals surface area contributed by atoms with Gasteiger partial charge >= 0.3 is 5.69 Å². The lowest BCUT2D eigenvalue weighted by Crippen LogP contribution is -2.46. The van der Waals surface area contributed by atoms with Crippen LogP contribution in [0, 0.1) is 67.1 Å². The van der Waals surface area contributed by atoms with Gasteiger partial charge in [0.05, 0.1) is 21.6 Å². The summed E-state index contributed by atoms with van der Waals surface area (Å²) in [5, 5.41) is 27.0. The average molecular weight is 511 g/mol. The first-order valence-corrected chi connectivity index (χ1v) is 14.0. The standard InChI is InChI=1S/C29H42N4O4/c1-18(2)7-6-8-19(3)24-11-12-25-23-10-14-26(20(4)22(23)15-16-29(24,25)5)30-31-27-13-9-21(32(34)35)17-28(27)33(36)37/h9-10,13-14,17-20,22-25,31H,6-8,11-12,15-16H2,1-5H3. The summed E-state index contributed by atoms with van der Waals surface area (Å²) in [6, 6.07) is 3.59. The number of hydrogen-bond donors (Lipinski definition) is 1. The number of hydrogen-bond acceptors (Lipinski definition) is 6. The van der Waals surface area contributed by atoms with Crippen LogP contribution in [0.25, 0.3) is 0 Å². The van der Waals surface area contributed by atoms with Crippen LogP contribution in [0.5, 0.6) is 0 Å². The third kappa shape index (κ3) is 5.43. The van der Waals surface area contributed by atoms with Crippen molar-refractivity contribution in [3.05, 3.63) is 50.6 Å². The maximum absolute atomic E-state index is 11.5. The smallest absolute Gasteiger partial charge is 0.271 e. The quantitative estimate of drug-likeness (QED) is 0.267. The second kappa shape index (κ2) is 10.9. The van der Waals surface area contributed by atoms with Crippen LogP contribution in [0.4, 0.5) is 17.1 Å². The first kappa shape index (κ1) is 27.3. The SMILES string of the molecule is CC(C)CCCC(C)C1CCC2C3C=CC(=NNc4ccc([N+](=O)[O-])cc4[N+](=O)[O-])C(C)C3CCC12C. The van der Waals surface area contributed by atoms with Crippen molar-refractivity contribution >= 4 is 22.8 Å². The number of nitrogens with one attached hydrogen (secondary N) is 1. The molecule has 0 amide bonds. The molecule has 1 aromatic carbocycles. The van der Waals surface area contributed by atoms with Crippen LogP contribution in [0.2, 0.25) is 0 Å². The fraction of sp³-hybridized carbons (Fsp3) is 0.690. The van der Waals surface area contributed by atoms with E-state index in [1.54, 1.807) is 0 Å². The minimum atomic E-state index is -0.633. The second-order valence-electron chi connectivity index (χ2n) is 12.4. The number of rotatable bonds is 9. The molecule has 2 saturated carbocycles. The lowest BCUT2D eigenvalue weighted by Gasteiger charge is -2.51. The van der Waals surface area contributed by atoms with E-state index in [1.807, 2.05) is 0 Å². The topological polar surface area (TPSA) is 111 Å². The minimum absolute atomic E-state index is 0.159. The van der Waals surface area contributed by atoms with Gasteiger partial charge in [0.25, 0.3) is 5.69 Å². The Balaban J connectivity index is 1.48. The molecule has 0 heterocycles. The fourth-order valence-electron chi connectivity index (χ4n) is 7.83. The predicted molar refractivity (Wildman–Crippen MR) is 148 cm³/mol. The number of hydrazone groups is 1. The predicted octanol–water partition coefficient (Wildman–Crippen LogP) is 8.00. The van der Waals surface area contributed by atoms with Crippen molar-refractivity contribution in [2.45, 2.75) is 79.6 Å². The average Bonchev–Trinajstić information content (AvgIpc) is 3.20. The van der Waals surface area contributed by atoms with E-state index in [9.17, 15) is 20.2 Å². The molecular weight excluding hydrogens is 468 g/mol. The Hall–Kier alpha value is -2.77. The van der Waals surface area contributed by atoms with E-state index in [0.29, 0.717) is 23.2 Å². The van der Waals surface area contributed by atoms with Gasteiger partial charge in [-0.05, 0) is 78.7 Å². The number of nitro groups is 2. The third-order valence-corrected chi connectivity index (χ3v) is 9.88. The van der Waals surface area contributed by atoms with Gasteiger partial charge in [-0.15, -0.1) is 0 Å². The summed E-state index contributed by atoms with van der Waals surface area (Å²) in [6.07, 6.45) is 13.5. The highest BCUT2D eigenvalue weighted by Gasteiger charge is 2.55. The van der Waals surface area contributed by atoms with E-state index < -0.39 is 9.85 Å². The molecule has 4 rings (SSSR count). The molecule has 8 heteroatoms. The van der Waals surface area contributed by atoms with Gasteiger partial charge < -0.3 is 0 Å². The number of fused-ring (bicyclic) bond motifs is 3. The molecule has 0 radical (unpaired) electrons. The molecule has 3 aliphatic carbocycles. The van der Waals surface area contributed by atoms with Crippen molar-refractivity contribution in [3.63, 3.8) is 0 Å². The molecule has 1 aromatic rings. The maximum atomic E-state index is 11.5. The second-order valence-corrected chi connectivity index (χ2v) is 12.4. The number of nitrogens with zero attached hydrogens (tertiary/aromatic N) is 3. The lowest BCUT2D eigenvalue weighted by molar-refractivity contribution is -0.393. The van der Waals surface area contributed by atoms with E-state index in [1.165, 1.54) is 57.1 Å². The van der Waals surface area contributed by atoms with E-state index in [-0.39, 0.29) is 23.0 Å². The maximum Gasteiger partial charge on any atom is 0.301 e. The molecule has 0 aromatic heterocycles. The highest BCUT2D eigenvalue weighted by molar-refractivity contribution is 5.98. The number of allylic oxidation sites excluding steroid dienone is 2. The molecule has 1 N–H and O–H groups in total. The first-order chi connectivity index (χ1) is 17.5. The molecule has 3 aliphatic rings. The van der Waals surface area contributed by atoms with Crippen LogP contribution in [0.3, 0.4) is 0 Å². The molecule has 0 aliphatic heterocycles. The van der Waals surface area contributed by atoms with Gasteiger partial charge in [0.15, 0.2) is 0 Å². The van der Waals surface area contributed by atoms with E-state index in [0.717, 1.165) is 29.5 Å². The Morgan fingerprint density at radius 2 is 1.86 bits per heavy atom. The summed E-state index contributed by atoms with van der Waals surface area (Å²) < 4.78 is 0.